The van der Waals surface area contributed by atoms with E-state index in [1.165, 1.54) is 0 Å². The van der Waals surface area contributed by atoms with Crippen molar-refractivity contribution in [2.24, 2.45) is 0 Å². The van der Waals surface area contributed by atoms with Crippen LogP contribution in [0.1, 0.15) is 25.0 Å². The molecule has 0 fully saturated rings. The fourth-order valence-electron chi connectivity index (χ4n) is 1.91. The van der Waals surface area contributed by atoms with Gasteiger partial charge in [-0.15, -0.1) is 0 Å². The number of aromatic nitrogens is 2. The van der Waals surface area contributed by atoms with Gasteiger partial charge in [0.25, 0.3) is 0 Å². The summed E-state index contributed by atoms with van der Waals surface area (Å²) in [6.07, 6.45) is 3.83. The molecule has 1 heterocycles. The summed E-state index contributed by atoms with van der Waals surface area (Å²) in [5, 5.41) is 4.98. The minimum absolute atomic E-state index is 0.490. The fraction of sp³-hybridized carbons (Fsp3) is 0.400. The molecule has 0 spiro atoms. The van der Waals surface area contributed by atoms with Crippen molar-refractivity contribution in [2.75, 3.05) is 6.61 Å². The lowest BCUT2D eigenvalue weighted by Crippen LogP contribution is -2.01. The highest BCUT2D eigenvalue weighted by Gasteiger charge is 2.11. The van der Waals surface area contributed by atoms with Gasteiger partial charge < -0.3 is 9.47 Å². The molecule has 2 rings (SSSR count). The lowest BCUT2D eigenvalue weighted by atomic mass is 10.2. The summed E-state index contributed by atoms with van der Waals surface area (Å²) in [7, 11) is 0. The average molecular weight is 339 g/mol. The molecule has 0 N–H and O–H groups in total. The van der Waals surface area contributed by atoms with Crippen LogP contribution in [0.2, 0.25) is 0 Å². The molecule has 0 unspecified atom stereocenters. The van der Waals surface area contributed by atoms with Gasteiger partial charge in [0.05, 0.1) is 12.8 Å². The van der Waals surface area contributed by atoms with Crippen molar-refractivity contribution >= 4 is 15.9 Å². The molecule has 0 atom stereocenters. The second-order valence-corrected chi connectivity index (χ2v) is 4.86. The van der Waals surface area contributed by atoms with E-state index in [0.29, 0.717) is 13.2 Å². The zero-order valence-electron chi connectivity index (χ0n) is 11.8. The van der Waals surface area contributed by atoms with Gasteiger partial charge in [-0.3, -0.25) is 4.68 Å². The summed E-state index contributed by atoms with van der Waals surface area (Å²) in [5.74, 6) is 1.59. The predicted molar refractivity (Wildman–Crippen MR) is 82.5 cm³/mol. The largest absolute Gasteiger partial charge is 0.490 e. The molecule has 1 aromatic carbocycles. The van der Waals surface area contributed by atoms with Crippen molar-refractivity contribution in [3.63, 3.8) is 0 Å². The maximum absolute atomic E-state index is 5.95. The van der Waals surface area contributed by atoms with Crippen LogP contribution in [0.3, 0.4) is 0 Å². The second-order valence-electron chi connectivity index (χ2n) is 4.30. The van der Waals surface area contributed by atoms with Gasteiger partial charge in [0.1, 0.15) is 6.61 Å². The van der Waals surface area contributed by atoms with Crippen LogP contribution >= 0.6 is 15.9 Å². The van der Waals surface area contributed by atoms with Crippen molar-refractivity contribution < 1.29 is 9.47 Å². The Morgan fingerprint density at radius 2 is 2.10 bits per heavy atom. The van der Waals surface area contributed by atoms with Crippen LogP contribution in [-0.2, 0) is 18.5 Å². The lowest BCUT2D eigenvalue weighted by Gasteiger charge is -2.14. The first-order chi connectivity index (χ1) is 9.78. The zero-order valence-corrected chi connectivity index (χ0v) is 13.4. The molecule has 0 aliphatic rings. The molecule has 0 radical (unpaired) electrons. The number of ether oxygens (including phenoxy) is 2. The van der Waals surface area contributed by atoms with Crippen LogP contribution in [0, 0.1) is 0 Å². The molecule has 0 saturated carbocycles. The molecule has 0 aliphatic carbocycles. The number of halogens is 1. The first kappa shape index (κ1) is 14.9. The summed E-state index contributed by atoms with van der Waals surface area (Å²) in [5.41, 5.74) is 2.14. The first-order valence-electron chi connectivity index (χ1n) is 6.73. The highest BCUT2D eigenvalue weighted by Crippen LogP contribution is 2.33. The summed E-state index contributed by atoms with van der Waals surface area (Å²) in [4.78, 5) is 0. The van der Waals surface area contributed by atoms with Crippen LogP contribution in [-0.4, -0.2) is 16.4 Å². The Balaban J connectivity index is 2.14. The van der Waals surface area contributed by atoms with Gasteiger partial charge in [-0.25, -0.2) is 0 Å². The second kappa shape index (κ2) is 7.33. The fourth-order valence-corrected chi connectivity index (χ4v) is 2.35. The van der Waals surface area contributed by atoms with Gasteiger partial charge in [-0.2, -0.15) is 5.10 Å². The molecule has 20 heavy (non-hydrogen) atoms. The summed E-state index contributed by atoms with van der Waals surface area (Å²) >= 11 is 3.48. The van der Waals surface area contributed by atoms with Crippen LogP contribution in [0.25, 0.3) is 0 Å². The van der Waals surface area contributed by atoms with Crippen LogP contribution in [0.5, 0.6) is 11.5 Å². The van der Waals surface area contributed by atoms with Gasteiger partial charge in [-0.05, 0) is 19.9 Å². The third-order valence-electron chi connectivity index (χ3n) is 2.90. The Bertz CT molecular complexity index is 555. The normalized spacial score (nSPS) is 10.6. The molecule has 0 aliphatic heterocycles. The van der Waals surface area contributed by atoms with Crippen molar-refractivity contribution in [1.82, 2.24) is 9.78 Å². The highest BCUT2D eigenvalue weighted by atomic mass is 79.9. The Kier molecular flexibility index (Phi) is 5.47. The molecule has 108 valence electrons. The average Bonchev–Trinajstić information content (AvgIpc) is 2.94. The van der Waals surface area contributed by atoms with E-state index in [1.807, 2.05) is 42.2 Å². The van der Waals surface area contributed by atoms with Gasteiger partial charge >= 0.3 is 0 Å². The molecule has 0 saturated heterocycles. The maximum Gasteiger partial charge on any atom is 0.165 e. The molecule has 0 bridgehead atoms. The van der Waals surface area contributed by atoms with E-state index >= 15 is 0 Å². The number of rotatable bonds is 7. The van der Waals surface area contributed by atoms with E-state index in [9.17, 15) is 0 Å². The number of para-hydroxylation sites is 1. The Morgan fingerprint density at radius 3 is 2.75 bits per heavy atom. The standard InChI is InChI=1S/C15H19BrN2O2/c1-3-18-10-12(9-17-18)11-20-15-13(8-16)6-5-7-14(15)19-4-2/h5-7,9-10H,3-4,8,11H2,1-2H3. The molecule has 0 amide bonds. The van der Waals surface area contributed by atoms with E-state index in [4.69, 9.17) is 9.47 Å². The predicted octanol–water partition coefficient (Wildman–Crippen LogP) is 3.78. The Hall–Kier alpha value is -1.49. The van der Waals surface area contributed by atoms with Gasteiger partial charge in [-0.1, -0.05) is 28.1 Å². The lowest BCUT2D eigenvalue weighted by molar-refractivity contribution is 0.267. The quantitative estimate of drug-likeness (QED) is 0.721. The SMILES string of the molecule is CCOc1cccc(CBr)c1OCc1cnn(CC)c1. The Morgan fingerprint density at radius 1 is 1.25 bits per heavy atom. The number of nitrogens with zero attached hydrogens (tertiary/aromatic N) is 2. The zero-order chi connectivity index (χ0) is 14.4. The van der Waals surface area contributed by atoms with E-state index in [2.05, 4.69) is 28.0 Å². The minimum atomic E-state index is 0.490. The van der Waals surface area contributed by atoms with E-state index in [-0.39, 0.29) is 0 Å². The Labute approximate surface area is 127 Å². The maximum atomic E-state index is 5.95. The monoisotopic (exact) mass is 338 g/mol. The van der Waals surface area contributed by atoms with Crippen LogP contribution in [0.15, 0.2) is 30.6 Å². The minimum Gasteiger partial charge on any atom is -0.490 e. The van der Waals surface area contributed by atoms with Crippen molar-refractivity contribution in [1.29, 1.82) is 0 Å². The van der Waals surface area contributed by atoms with Crippen molar-refractivity contribution in [3.8, 4) is 11.5 Å². The number of hydrogen-bond donors (Lipinski definition) is 0. The smallest absolute Gasteiger partial charge is 0.165 e. The van der Waals surface area contributed by atoms with Crippen molar-refractivity contribution in [2.45, 2.75) is 32.3 Å². The van der Waals surface area contributed by atoms with Crippen molar-refractivity contribution in [3.05, 3.63) is 41.7 Å². The highest BCUT2D eigenvalue weighted by molar-refractivity contribution is 9.08. The summed E-state index contributed by atoms with van der Waals surface area (Å²) in [6, 6.07) is 5.94. The van der Waals surface area contributed by atoms with Crippen LogP contribution < -0.4 is 9.47 Å². The topological polar surface area (TPSA) is 36.3 Å². The molecular formula is C15H19BrN2O2. The third kappa shape index (κ3) is 3.54. The number of aryl methyl sites for hydroxylation is 1. The van der Waals surface area contributed by atoms with Crippen LogP contribution in [0.4, 0.5) is 0 Å². The van der Waals surface area contributed by atoms with Gasteiger partial charge in [0.15, 0.2) is 11.5 Å². The molecule has 5 heteroatoms. The number of benzene rings is 1. The first-order valence-corrected chi connectivity index (χ1v) is 7.85. The number of hydrogen-bond acceptors (Lipinski definition) is 3. The molecule has 2 aromatic rings. The summed E-state index contributed by atoms with van der Waals surface area (Å²) in [6.45, 7) is 6.00. The molecule has 4 nitrogen and oxygen atoms in total. The number of alkyl halides is 1. The van der Waals surface area contributed by atoms with E-state index in [0.717, 1.165) is 34.5 Å². The van der Waals surface area contributed by atoms with Gasteiger partial charge in [0, 0.05) is 29.2 Å². The molecular weight excluding hydrogens is 320 g/mol. The van der Waals surface area contributed by atoms with Gasteiger partial charge in [0.2, 0.25) is 0 Å². The van der Waals surface area contributed by atoms with E-state index < -0.39 is 0 Å². The van der Waals surface area contributed by atoms with E-state index in [1.54, 1.807) is 0 Å². The third-order valence-corrected chi connectivity index (χ3v) is 3.50. The molecule has 1 aromatic heterocycles. The summed E-state index contributed by atoms with van der Waals surface area (Å²) < 4.78 is 13.5.